The van der Waals surface area contributed by atoms with Gasteiger partial charge in [-0.25, -0.2) is 0 Å². The van der Waals surface area contributed by atoms with Gasteiger partial charge >= 0.3 is 5.97 Å². The maximum Gasteiger partial charge on any atom is 0.308 e. The minimum Gasteiger partial charge on any atom is -0.481 e. The van der Waals surface area contributed by atoms with Gasteiger partial charge in [0, 0.05) is 19.3 Å². The Labute approximate surface area is 117 Å². The van der Waals surface area contributed by atoms with Crippen molar-refractivity contribution in [3.05, 3.63) is 24.5 Å². The second-order valence-electron chi connectivity index (χ2n) is 5.11. The van der Waals surface area contributed by atoms with Gasteiger partial charge in [-0.1, -0.05) is 6.92 Å². The Balaban J connectivity index is 1.96. The third-order valence-electron chi connectivity index (χ3n) is 3.54. The molecule has 2 heterocycles. The van der Waals surface area contributed by atoms with Crippen LogP contribution in [0.1, 0.15) is 13.8 Å². The van der Waals surface area contributed by atoms with E-state index in [0.29, 0.717) is 12.3 Å². The summed E-state index contributed by atoms with van der Waals surface area (Å²) in [4.78, 5) is 28.8. The number of nitrogens with zero attached hydrogens (tertiary/aromatic N) is 2. The smallest absolute Gasteiger partial charge is 0.308 e. The van der Waals surface area contributed by atoms with Gasteiger partial charge < -0.3 is 14.7 Å². The predicted molar refractivity (Wildman–Crippen MR) is 71.2 cm³/mol. The largest absolute Gasteiger partial charge is 0.481 e. The number of pyridine rings is 1. The number of carbonyl (C=O) groups excluding carboxylic acids is 1. The molecule has 1 saturated heterocycles. The minimum atomic E-state index is -0.853. The molecule has 1 amide bonds. The molecule has 0 radical (unpaired) electrons. The molecule has 20 heavy (non-hydrogen) atoms. The lowest BCUT2D eigenvalue weighted by atomic mass is 9.99. The van der Waals surface area contributed by atoms with Gasteiger partial charge in [-0.3, -0.25) is 14.6 Å². The van der Waals surface area contributed by atoms with Gasteiger partial charge in [0.25, 0.3) is 5.91 Å². The second-order valence-corrected chi connectivity index (χ2v) is 5.11. The quantitative estimate of drug-likeness (QED) is 0.889. The fourth-order valence-electron chi connectivity index (χ4n) is 2.40. The topological polar surface area (TPSA) is 79.7 Å². The van der Waals surface area contributed by atoms with Crippen LogP contribution in [0.2, 0.25) is 0 Å². The first-order chi connectivity index (χ1) is 9.49. The summed E-state index contributed by atoms with van der Waals surface area (Å²) in [5, 5.41) is 9.08. The summed E-state index contributed by atoms with van der Waals surface area (Å²) in [5.74, 6) is -1.06. The van der Waals surface area contributed by atoms with Crippen molar-refractivity contribution in [3.8, 4) is 5.75 Å². The predicted octanol–water partition coefficient (Wildman–Crippen LogP) is 1.03. The lowest BCUT2D eigenvalue weighted by Crippen LogP contribution is -2.39. The SMILES string of the molecule is CC(Oc1cccnc1)C(=O)N1C[C@@H](C)[C@H](C(=O)O)C1. The summed E-state index contributed by atoms with van der Waals surface area (Å²) >= 11 is 0. The van der Waals surface area contributed by atoms with Crippen molar-refractivity contribution < 1.29 is 19.4 Å². The maximum absolute atomic E-state index is 12.3. The molecular formula is C14H18N2O4. The molecule has 1 unspecified atom stereocenters. The molecule has 1 aliphatic rings. The highest BCUT2D eigenvalue weighted by molar-refractivity contribution is 5.82. The highest BCUT2D eigenvalue weighted by Gasteiger charge is 2.38. The molecule has 0 saturated carbocycles. The third kappa shape index (κ3) is 3.07. The van der Waals surface area contributed by atoms with E-state index in [9.17, 15) is 9.59 Å². The fourth-order valence-corrected chi connectivity index (χ4v) is 2.40. The number of likely N-dealkylation sites (tertiary alicyclic amines) is 1. The number of rotatable bonds is 4. The summed E-state index contributed by atoms with van der Waals surface area (Å²) < 4.78 is 5.52. The van der Waals surface area contributed by atoms with Crippen molar-refractivity contribution in [1.29, 1.82) is 0 Å². The normalized spacial score (nSPS) is 23.4. The van der Waals surface area contributed by atoms with Gasteiger partial charge in [0.1, 0.15) is 5.75 Å². The molecule has 1 aliphatic heterocycles. The highest BCUT2D eigenvalue weighted by Crippen LogP contribution is 2.24. The van der Waals surface area contributed by atoms with E-state index < -0.39 is 18.0 Å². The zero-order valence-corrected chi connectivity index (χ0v) is 11.5. The summed E-state index contributed by atoms with van der Waals surface area (Å²) in [5.41, 5.74) is 0. The van der Waals surface area contributed by atoms with Crippen LogP contribution in [-0.2, 0) is 9.59 Å². The summed E-state index contributed by atoms with van der Waals surface area (Å²) in [7, 11) is 0. The molecule has 0 spiro atoms. The molecule has 0 bridgehead atoms. The molecule has 1 aromatic rings. The highest BCUT2D eigenvalue weighted by atomic mass is 16.5. The molecule has 1 N–H and O–H groups in total. The van der Waals surface area contributed by atoms with E-state index in [1.165, 1.54) is 6.20 Å². The first-order valence-electron chi connectivity index (χ1n) is 6.57. The maximum atomic E-state index is 12.3. The van der Waals surface area contributed by atoms with Crippen LogP contribution < -0.4 is 4.74 Å². The molecule has 0 aliphatic carbocycles. The van der Waals surface area contributed by atoms with Crippen molar-refractivity contribution in [2.75, 3.05) is 13.1 Å². The van der Waals surface area contributed by atoms with Crippen LogP contribution in [0.5, 0.6) is 5.75 Å². The number of amides is 1. The average Bonchev–Trinajstić information content (AvgIpc) is 2.81. The van der Waals surface area contributed by atoms with E-state index in [2.05, 4.69) is 4.98 Å². The Morgan fingerprint density at radius 2 is 2.25 bits per heavy atom. The first-order valence-corrected chi connectivity index (χ1v) is 6.57. The number of ether oxygens (including phenoxy) is 1. The van der Waals surface area contributed by atoms with E-state index in [1.807, 2.05) is 6.92 Å². The van der Waals surface area contributed by atoms with E-state index >= 15 is 0 Å². The van der Waals surface area contributed by atoms with E-state index in [-0.39, 0.29) is 18.4 Å². The number of aromatic nitrogens is 1. The lowest BCUT2D eigenvalue weighted by molar-refractivity contribution is -0.142. The van der Waals surface area contributed by atoms with Crippen molar-refractivity contribution in [3.63, 3.8) is 0 Å². The molecule has 0 aromatic carbocycles. The van der Waals surface area contributed by atoms with Crippen LogP contribution in [0, 0.1) is 11.8 Å². The standard InChI is InChI=1S/C14H18N2O4/c1-9-7-16(8-12(9)14(18)19)13(17)10(2)20-11-4-3-5-15-6-11/h3-6,9-10,12H,7-8H2,1-2H3,(H,18,19)/t9-,10?,12-/m1/s1. The van der Waals surface area contributed by atoms with E-state index in [1.54, 1.807) is 30.2 Å². The van der Waals surface area contributed by atoms with Crippen LogP contribution in [0.3, 0.4) is 0 Å². The monoisotopic (exact) mass is 278 g/mol. The Bertz CT molecular complexity index is 491. The summed E-state index contributed by atoms with van der Waals surface area (Å²) in [6.45, 7) is 4.21. The third-order valence-corrected chi connectivity index (χ3v) is 3.54. The van der Waals surface area contributed by atoms with Gasteiger partial charge in [-0.05, 0) is 25.0 Å². The summed E-state index contributed by atoms with van der Waals surface area (Å²) in [6.07, 6.45) is 2.51. The molecule has 6 nitrogen and oxygen atoms in total. The van der Waals surface area contributed by atoms with E-state index in [0.717, 1.165) is 0 Å². The van der Waals surface area contributed by atoms with Gasteiger partial charge in [-0.2, -0.15) is 0 Å². The first kappa shape index (κ1) is 14.3. The number of aliphatic carboxylic acids is 1. The minimum absolute atomic E-state index is 0.0398. The number of carboxylic acid groups (broad SMARTS) is 1. The van der Waals surface area contributed by atoms with Crippen LogP contribution in [0.25, 0.3) is 0 Å². The number of carboxylic acids is 1. The zero-order valence-electron chi connectivity index (χ0n) is 11.5. The molecule has 1 fully saturated rings. The second kappa shape index (κ2) is 5.90. The molecule has 2 rings (SSSR count). The summed E-state index contributed by atoms with van der Waals surface area (Å²) in [6, 6.07) is 3.45. The van der Waals surface area contributed by atoms with Crippen LogP contribution in [0.15, 0.2) is 24.5 Å². The van der Waals surface area contributed by atoms with Crippen molar-refractivity contribution in [2.45, 2.75) is 20.0 Å². The van der Waals surface area contributed by atoms with Crippen LogP contribution in [-0.4, -0.2) is 46.1 Å². The zero-order chi connectivity index (χ0) is 14.7. The molecule has 1 aromatic heterocycles. The molecule has 108 valence electrons. The average molecular weight is 278 g/mol. The number of hydrogen-bond acceptors (Lipinski definition) is 4. The number of hydrogen-bond donors (Lipinski definition) is 1. The Morgan fingerprint density at radius 1 is 1.50 bits per heavy atom. The fraction of sp³-hybridized carbons (Fsp3) is 0.500. The Hall–Kier alpha value is -2.11. The molecule has 6 heteroatoms. The Kier molecular flexibility index (Phi) is 4.22. The molecule has 3 atom stereocenters. The number of carbonyl (C=O) groups is 2. The van der Waals surface area contributed by atoms with Gasteiger partial charge in [-0.15, -0.1) is 0 Å². The lowest BCUT2D eigenvalue weighted by Gasteiger charge is -2.21. The van der Waals surface area contributed by atoms with Crippen LogP contribution in [0.4, 0.5) is 0 Å². The molecular weight excluding hydrogens is 260 g/mol. The van der Waals surface area contributed by atoms with Crippen molar-refractivity contribution in [1.82, 2.24) is 9.88 Å². The Morgan fingerprint density at radius 3 is 2.80 bits per heavy atom. The van der Waals surface area contributed by atoms with Gasteiger partial charge in [0.05, 0.1) is 12.1 Å². The van der Waals surface area contributed by atoms with Gasteiger partial charge in [0.2, 0.25) is 0 Å². The van der Waals surface area contributed by atoms with E-state index in [4.69, 9.17) is 9.84 Å². The van der Waals surface area contributed by atoms with Gasteiger partial charge in [0.15, 0.2) is 6.10 Å². The van der Waals surface area contributed by atoms with Crippen molar-refractivity contribution in [2.24, 2.45) is 11.8 Å². The van der Waals surface area contributed by atoms with Crippen molar-refractivity contribution >= 4 is 11.9 Å². The van der Waals surface area contributed by atoms with Crippen LogP contribution >= 0.6 is 0 Å².